The van der Waals surface area contributed by atoms with E-state index in [1.54, 1.807) is 0 Å². The first-order valence-electron chi connectivity index (χ1n) is 6.68. The van der Waals surface area contributed by atoms with Gasteiger partial charge >= 0.3 is 0 Å². The first kappa shape index (κ1) is 16.5. The van der Waals surface area contributed by atoms with Gasteiger partial charge in [0, 0.05) is 10.6 Å². The van der Waals surface area contributed by atoms with Crippen LogP contribution in [0.4, 0.5) is 5.00 Å². The van der Waals surface area contributed by atoms with Crippen LogP contribution in [0, 0.1) is 32.1 Å². The van der Waals surface area contributed by atoms with Crippen LogP contribution in [-0.4, -0.2) is 21.1 Å². The lowest BCUT2D eigenvalue weighted by Crippen LogP contribution is -2.22. The van der Waals surface area contributed by atoms with Crippen LogP contribution >= 0.6 is 23.1 Å². The maximum atomic E-state index is 12.3. The lowest BCUT2D eigenvalue weighted by molar-refractivity contribution is -0.115. The molecule has 0 aliphatic carbocycles. The third-order valence-electron chi connectivity index (χ3n) is 3.18. The zero-order valence-electron chi connectivity index (χ0n) is 12.8. The van der Waals surface area contributed by atoms with Gasteiger partial charge in [0.25, 0.3) is 0 Å². The van der Waals surface area contributed by atoms with Crippen molar-refractivity contribution in [1.82, 2.24) is 9.97 Å². The molecule has 2 aromatic rings. The number of nitriles is 1. The van der Waals surface area contributed by atoms with Crippen LogP contribution in [-0.2, 0) is 4.79 Å². The molecule has 2 rings (SSSR count). The summed E-state index contributed by atoms with van der Waals surface area (Å²) in [6.07, 6.45) is 1.49. The van der Waals surface area contributed by atoms with Gasteiger partial charge in [0.2, 0.25) is 5.91 Å². The molecule has 1 atom stereocenters. The van der Waals surface area contributed by atoms with Crippen LogP contribution in [0.3, 0.4) is 0 Å². The topological polar surface area (TPSA) is 78.7 Å². The summed E-state index contributed by atoms with van der Waals surface area (Å²) in [4.78, 5) is 21.5. The van der Waals surface area contributed by atoms with Gasteiger partial charge < -0.3 is 5.32 Å². The number of rotatable bonds is 4. The van der Waals surface area contributed by atoms with Crippen molar-refractivity contribution in [3.8, 4) is 6.07 Å². The molecule has 0 aliphatic rings. The third kappa shape index (κ3) is 3.64. The van der Waals surface area contributed by atoms with E-state index in [-0.39, 0.29) is 11.2 Å². The molecule has 0 aliphatic heterocycles. The Morgan fingerprint density at radius 3 is 2.77 bits per heavy atom. The molecule has 2 heterocycles. The van der Waals surface area contributed by atoms with Gasteiger partial charge in [0.1, 0.15) is 22.4 Å². The van der Waals surface area contributed by atoms with E-state index in [9.17, 15) is 10.1 Å². The number of anilines is 1. The Morgan fingerprint density at radius 1 is 1.41 bits per heavy atom. The van der Waals surface area contributed by atoms with E-state index in [0.29, 0.717) is 10.6 Å². The highest BCUT2D eigenvalue weighted by Crippen LogP contribution is 2.32. The smallest absolute Gasteiger partial charge is 0.238 e. The van der Waals surface area contributed by atoms with Crippen molar-refractivity contribution in [1.29, 1.82) is 5.26 Å². The summed E-state index contributed by atoms with van der Waals surface area (Å²) in [5, 5.41) is 13.1. The van der Waals surface area contributed by atoms with Crippen molar-refractivity contribution in [2.75, 3.05) is 5.32 Å². The van der Waals surface area contributed by atoms with Crippen LogP contribution in [0.15, 0.2) is 17.4 Å². The van der Waals surface area contributed by atoms with E-state index in [4.69, 9.17) is 0 Å². The van der Waals surface area contributed by atoms with Crippen LogP contribution in [0.2, 0.25) is 0 Å². The summed E-state index contributed by atoms with van der Waals surface area (Å²) in [6, 6.07) is 4.00. The number of nitrogens with one attached hydrogen (secondary N) is 1. The summed E-state index contributed by atoms with van der Waals surface area (Å²) < 4.78 is 0. The Kier molecular flexibility index (Phi) is 5.16. The van der Waals surface area contributed by atoms with Crippen LogP contribution in [0.1, 0.15) is 28.6 Å². The van der Waals surface area contributed by atoms with Crippen molar-refractivity contribution >= 4 is 34.0 Å². The number of thiophene rings is 1. The number of hydrogen-bond acceptors (Lipinski definition) is 6. The predicted molar refractivity (Wildman–Crippen MR) is 89.2 cm³/mol. The maximum Gasteiger partial charge on any atom is 0.238 e. The summed E-state index contributed by atoms with van der Waals surface area (Å²) in [5.74, 6) is -0.140. The second-order valence-electron chi connectivity index (χ2n) is 4.85. The molecule has 0 saturated heterocycles. The Bertz CT molecular complexity index is 748. The zero-order chi connectivity index (χ0) is 16.3. The van der Waals surface area contributed by atoms with Gasteiger partial charge in [-0.15, -0.1) is 11.3 Å². The normalized spacial score (nSPS) is 11.8. The van der Waals surface area contributed by atoms with Gasteiger partial charge in [0.05, 0.1) is 10.8 Å². The first-order valence-corrected chi connectivity index (χ1v) is 8.38. The number of aryl methyl sites for hydroxylation is 2. The van der Waals surface area contributed by atoms with Crippen molar-refractivity contribution in [2.45, 2.75) is 38.0 Å². The standard InChI is InChI=1S/C15H16N4OS2/c1-8-5-13(18-7-17-8)21-11(4)14(20)19-15-12(6-16)9(2)10(3)22-15/h5,7,11H,1-4H3,(H,19,20)/t11-/m1/s1. The highest BCUT2D eigenvalue weighted by molar-refractivity contribution is 8.00. The fourth-order valence-electron chi connectivity index (χ4n) is 1.79. The first-order chi connectivity index (χ1) is 10.4. The van der Waals surface area contributed by atoms with Gasteiger partial charge in [-0.3, -0.25) is 4.79 Å². The summed E-state index contributed by atoms with van der Waals surface area (Å²) in [6.45, 7) is 7.53. The molecule has 0 radical (unpaired) electrons. The molecule has 0 saturated carbocycles. The SMILES string of the molecule is Cc1cc(S[C@H](C)C(=O)Nc2sc(C)c(C)c2C#N)ncn1. The Balaban J connectivity index is 2.09. The monoisotopic (exact) mass is 332 g/mol. The molecular formula is C15H16N4OS2. The van der Waals surface area contributed by atoms with E-state index in [0.717, 1.165) is 21.2 Å². The van der Waals surface area contributed by atoms with E-state index in [1.165, 1.54) is 29.4 Å². The highest BCUT2D eigenvalue weighted by Gasteiger charge is 2.19. The number of hydrogen-bond donors (Lipinski definition) is 1. The summed E-state index contributed by atoms with van der Waals surface area (Å²) >= 11 is 2.80. The van der Waals surface area contributed by atoms with Gasteiger partial charge in [-0.05, 0) is 39.3 Å². The van der Waals surface area contributed by atoms with Gasteiger partial charge in [-0.1, -0.05) is 11.8 Å². The number of aromatic nitrogens is 2. The number of nitrogens with zero attached hydrogens (tertiary/aromatic N) is 3. The number of thioether (sulfide) groups is 1. The lowest BCUT2D eigenvalue weighted by atomic mass is 10.2. The van der Waals surface area contributed by atoms with E-state index >= 15 is 0 Å². The average Bonchev–Trinajstić information content (AvgIpc) is 2.73. The number of amides is 1. The van der Waals surface area contributed by atoms with Gasteiger partial charge in [-0.25, -0.2) is 9.97 Å². The molecule has 5 nitrogen and oxygen atoms in total. The minimum atomic E-state index is -0.316. The highest BCUT2D eigenvalue weighted by atomic mass is 32.2. The molecule has 1 N–H and O–H groups in total. The molecule has 0 spiro atoms. The second kappa shape index (κ2) is 6.90. The van der Waals surface area contributed by atoms with Crippen LogP contribution in [0.25, 0.3) is 0 Å². The maximum absolute atomic E-state index is 12.3. The van der Waals surface area contributed by atoms with Crippen LogP contribution < -0.4 is 5.32 Å². The Hall–Kier alpha value is -1.91. The minimum absolute atomic E-state index is 0.140. The molecule has 0 aromatic carbocycles. The van der Waals surface area contributed by atoms with Crippen LogP contribution in [0.5, 0.6) is 0 Å². The minimum Gasteiger partial charge on any atom is -0.316 e. The molecule has 0 bridgehead atoms. The second-order valence-corrected chi connectivity index (χ2v) is 7.43. The molecule has 2 aromatic heterocycles. The van der Waals surface area contributed by atoms with E-state index in [1.807, 2.05) is 33.8 Å². The largest absolute Gasteiger partial charge is 0.316 e. The molecular weight excluding hydrogens is 316 g/mol. The third-order valence-corrected chi connectivity index (χ3v) is 5.33. The molecule has 1 amide bonds. The molecule has 7 heteroatoms. The van der Waals surface area contributed by atoms with Crippen molar-refractivity contribution in [3.05, 3.63) is 34.1 Å². The lowest BCUT2D eigenvalue weighted by Gasteiger charge is -2.10. The van der Waals surface area contributed by atoms with Crippen molar-refractivity contribution in [3.63, 3.8) is 0 Å². The van der Waals surface area contributed by atoms with E-state index in [2.05, 4.69) is 21.4 Å². The number of carbonyl (C=O) groups is 1. The summed E-state index contributed by atoms with van der Waals surface area (Å²) in [7, 11) is 0. The molecule has 114 valence electrons. The van der Waals surface area contributed by atoms with Gasteiger partial charge in [-0.2, -0.15) is 5.26 Å². The fraction of sp³-hybridized carbons (Fsp3) is 0.333. The Labute approximate surface area is 137 Å². The van der Waals surface area contributed by atoms with Crippen molar-refractivity contribution in [2.24, 2.45) is 0 Å². The molecule has 22 heavy (non-hydrogen) atoms. The van der Waals surface area contributed by atoms with Gasteiger partial charge in [0.15, 0.2) is 0 Å². The van der Waals surface area contributed by atoms with Crippen molar-refractivity contribution < 1.29 is 4.79 Å². The quantitative estimate of drug-likeness (QED) is 0.685. The van der Waals surface area contributed by atoms with E-state index < -0.39 is 0 Å². The Morgan fingerprint density at radius 2 is 2.14 bits per heavy atom. The summed E-state index contributed by atoms with van der Waals surface area (Å²) in [5.41, 5.74) is 2.34. The average molecular weight is 332 g/mol. The number of carbonyl (C=O) groups excluding carboxylic acids is 1. The fourth-order valence-corrected chi connectivity index (χ4v) is 3.68. The zero-order valence-corrected chi connectivity index (χ0v) is 14.4. The molecule has 0 unspecified atom stereocenters. The molecule has 0 fully saturated rings. The predicted octanol–water partition coefficient (Wildman–Crippen LogP) is 3.45.